The largest absolute Gasteiger partial charge is 0.367 e. The van der Waals surface area contributed by atoms with Crippen LogP contribution in [0.3, 0.4) is 0 Å². The van der Waals surface area contributed by atoms with E-state index in [9.17, 15) is 10.0 Å². The molecule has 2 aromatic rings. The predicted octanol–water partition coefficient (Wildman–Crippen LogP) is 3.63. The number of carbonyl (C=O) groups excluding carboxylic acids is 1. The van der Waals surface area contributed by atoms with E-state index in [0.717, 1.165) is 19.5 Å². The maximum Gasteiger partial charge on any atom is 0.247 e. The first-order chi connectivity index (χ1) is 10.1. The Kier molecular flexibility index (Phi) is 4.83. The molecule has 4 nitrogen and oxygen atoms in total. The summed E-state index contributed by atoms with van der Waals surface area (Å²) in [4.78, 5) is 13.5. The zero-order valence-corrected chi connectivity index (χ0v) is 12.0. The Morgan fingerprint density at radius 2 is 1.95 bits per heavy atom. The van der Waals surface area contributed by atoms with Crippen molar-refractivity contribution < 1.29 is 10.0 Å². The normalized spacial score (nSPS) is 12.5. The lowest BCUT2D eigenvalue weighted by Gasteiger charge is -2.20. The van der Waals surface area contributed by atoms with Crippen LogP contribution in [0.25, 0.3) is 0 Å². The molecular formula is C18H22N2O2. The second-order valence-electron chi connectivity index (χ2n) is 5.30. The number of fused-ring (bicyclic) bond motifs is 1. The molecule has 1 aliphatic rings. The van der Waals surface area contributed by atoms with Gasteiger partial charge in [0.05, 0.1) is 5.69 Å². The molecule has 22 heavy (non-hydrogen) atoms. The first-order valence-corrected chi connectivity index (χ1v) is 7.06. The molecule has 0 radical (unpaired) electrons. The topological polar surface area (TPSA) is 43.8 Å². The molecule has 0 fully saturated rings. The van der Waals surface area contributed by atoms with Gasteiger partial charge < -0.3 is 4.90 Å². The third-order valence-electron chi connectivity index (χ3n) is 3.81. The second-order valence-corrected chi connectivity index (χ2v) is 5.30. The molecule has 0 bridgehead atoms. The lowest BCUT2D eigenvalue weighted by Crippen LogP contribution is -2.23. The standard InChI is InChI=1S/C17H18N2O2.CH4/c1-13(20)19(21)16-7-8-17-15(11-16)9-10-18(17)12-14-5-3-2-4-6-14;/h2-8,11,21H,9-10,12H2,1H3;1H4. The van der Waals surface area contributed by atoms with Crippen molar-refractivity contribution in [2.24, 2.45) is 0 Å². The fourth-order valence-electron chi connectivity index (χ4n) is 2.74. The SMILES string of the molecule is C.CC(=O)N(O)c1ccc2c(c1)CCN2Cc1ccccc1. The Morgan fingerprint density at radius 1 is 1.23 bits per heavy atom. The number of benzene rings is 2. The van der Waals surface area contributed by atoms with Crippen molar-refractivity contribution in [3.8, 4) is 0 Å². The van der Waals surface area contributed by atoms with Crippen molar-refractivity contribution in [1.82, 2.24) is 0 Å². The highest BCUT2D eigenvalue weighted by atomic mass is 16.5. The van der Waals surface area contributed by atoms with Crippen LogP contribution in [0.5, 0.6) is 0 Å². The minimum absolute atomic E-state index is 0. The molecule has 0 aromatic heterocycles. The highest BCUT2D eigenvalue weighted by Crippen LogP contribution is 2.32. The number of hydrogen-bond acceptors (Lipinski definition) is 3. The van der Waals surface area contributed by atoms with E-state index in [1.165, 1.54) is 23.7 Å². The van der Waals surface area contributed by atoms with Gasteiger partial charge in [0.1, 0.15) is 0 Å². The number of nitrogens with zero attached hydrogens (tertiary/aromatic N) is 2. The number of hydroxylamine groups is 1. The summed E-state index contributed by atoms with van der Waals surface area (Å²) in [6.45, 7) is 3.18. The summed E-state index contributed by atoms with van der Waals surface area (Å²) >= 11 is 0. The van der Waals surface area contributed by atoms with E-state index in [1.54, 1.807) is 6.07 Å². The monoisotopic (exact) mass is 298 g/mol. The van der Waals surface area contributed by atoms with Gasteiger partial charge in [0, 0.05) is 25.7 Å². The van der Waals surface area contributed by atoms with Crippen molar-refractivity contribution >= 4 is 17.3 Å². The van der Waals surface area contributed by atoms with E-state index in [4.69, 9.17) is 0 Å². The summed E-state index contributed by atoms with van der Waals surface area (Å²) in [6.07, 6.45) is 0.932. The van der Waals surface area contributed by atoms with Crippen molar-refractivity contribution in [3.63, 3.8) is 0 Å². The lowest BCUT2D eigenvalue weighted by molar-refractivity contribution is -0.121. The minimum Gasteiger partial charge on any atom is -0.367 e. The second kappa shape index (κ2) is 6.62. The molecule has 1 aliphatic heterocycles. The Hall–Kier alpha value is -2.33. The van der Waals surface area contributed by atoms with Gasteiger partial charge in [-0.05, 0) is 35.7 Å². The quantitative estimate of drug-likeness (QED) is 0.695. The highest BCUT2D eigenvalue weighted by Gasteiger charge is 2.20. The fourth-order valence-corrected chi connectivity index (χ4v) is 2.74. The van der Waals surface area contributed by atoms with Crippen LogP contribution in [0.1, 0.15) is 25.5 Å². The van der Waals surface area contributed by atoms with Crippen LogP contribution in [0.2, 0.25) is 0 Å². The molecule has 4 heteroatoms. The molecule has 1 N–H and O–H groups in total. The Labute approximate surface area is 131 Å². The molecule has 0 saturated heterocycles. The van der Waals surface area contributed by atoms with Crippen LogP contribution < -0.4 is 9.96 Å². The average molecular weight is 298 g/mol. The fraction of sp³-hybridized carbons (Fsp3) is 0.278. The van der Waals surface area contributed by atoms with Crippen LogP contribution in [0.4, 0.5) is 11.4 Å². The smallest absolute Gasteiger partial charge is 0.247 e. The number of carbonyl (C=O) groups is 1. The molecular weight excluding hydrogens is 276 g/mol. The van der Waals surface area contributed by atoms with E-state index in [-0.39, 0.29) is 13.3 Å². The highest BCUT2D eigenvalue weighted by molar-refractivity contribution is 5.89. The zero-order valence-electron chi connectivity index (χ0n) is 12.0. The predicted molar refractivity (Wildman–Crippen MR) is 89.3 cm³/mol. The summed E-state index contributed by atoms with van der Waals surface area (Å²) in [5.74, 6) is -0.380. The Bertz CT molecular complexity index is 655. The number of amides is 1. The zero-order chi connectivity index (χ0) is 14.8. The van der Waals surface area contributed by atoms with Gasteiger partial charge in [-0.1, -0.05) is 37.8 Å². The number of anilines is 2. The van der Waals surface area contributed by atoms with Crippen molar-refractivity contribution in [2.75, 3.05) is 16.5 Å². The Balaban J connectivity index is 0.00000176. The molecule has 0 unspecified atom stereocenters. The van der Waals surface area contributed by atoms with Crippen molar-refractivity contribution in [1.29, 1.82) is 0 Å². The average Bonchev–Trinajstić information content (AvgIpc) is 2.90. The van der Waals surface area contributed by atoms with E-state index in [2.05, 4.69) is 17.0 Å². The molecule has 0 spiro atoms. The molecule has 116 valence electrons. The summed E-state index contributed by atoms with van der Waals surface area (Å²) in [5.41, 5.74) is 4.16. The summed E-state index contributed by atoms with van der Waals surface area (Å²) in [6, 6.07) is 16.0. The summed E-state index contributed by atoms with van der Waals surface area (Å²) in [7, 11) is 0. The summed E-state index contributed by atoms with van der Waals surface area (Å²) in [5, 5.41) is 10.4. The lowest BCUT2D eigenvalue weighted by atomic mass is 10.1. The van der Waals surface area contributed by atoms with Crippen LogP contribution in [0.15, 0.2) is 48.5 Å². The van der Waals surface area contributed by atoms with Crippen molar-refractivity contribution in [2.45, 2.75) is 27.3 Å². The van der Waals surface area contributed by atoms with Gasteiger partial charge in [-0.25, -0.2) is 0 Å². The third-order valence-corrected chi connectivity index (χ3v) is 3.81. The van der Waals surface area contributed by atoms with Crippen LogP contribution in [0, 0.1) is 0 Å². The van der Waals surface area contributed by atoms with Gasteiger partial charge in [-0.2, -0.15) is 5.06 Å². The van der Waals surface area contributed by atoms with Crippen LogP contribution in [-0.2, 0) is 17.8 Å². The van der Waals surface area contributed by atoms with Gasteiger partial charge in [0.15, 0.2) is 0 Å². The first-order valence-electron chi connectivity index (χ1n) is 7.06. The third kappa shape index (κ3) is 3.12. The Morgan fingerprint density at radius 3 is 2.64 bits per heavy atom. The summed E-state index contributed by atoms with van der Waals surface area (Å²) < 4.78 is 0. The molecule has 0 atom stereocenters. The number of rotatable bonds is 3. The molecule has 0 aliphatic carbocycles. The van der Waals surface area contributed by atoms with Crippen LogP contribution >= 0.6 is 0 Å². The van der Waals surface area contributed by atoms with Gasteiger partial charge in [-0.15, -0.1) is 0 Å². The molecule has 2 aromatic carbocycles. The number of hydrogen-bond donors (Lipinski definition) is 1. The van der Waals surface area contributed by atoms with Gasteiger partial charge in [-0.3, -0.25) is 10.0 Å². The minimum atomic E-state index is -0.380. The van der Waals surface area contributed by atoms with Gasteiger partial charge in [0.25, 0.3) is 0 Å². The maximum atomic E-state index is 11.2. The molecule has 1 amide bonds. The van der Waals surface area contributed by atoms with E-state index < -0.39 is 0 Å². The molecule has 3 rings (SSSR count). The van der Waals surface area contributed by atoms with E-state index >= 15 is 0 Å². The van der Waals surface area contributed by atoms with Gasteiger partial charge in [0.2, 0.25) is 5.91 Å². The van der Waals surface area contributed by atoms with E-state index in [0.29, 0.717) is 10.8 Å². The van der Waals surface area contributed by atoms with Crippen LogP contribution in [-0.4, -0.2) is 17.7 Å². The maximum absolute atomic E-state index is 11.2. The van der Waals surface area contributed by atoms with Crippen molar-refractivity contribution in [3.05, 3.63) is 59.7 Å². The molecule has 0 saturated carbocycles. The first kappa shape index (κ1) is 16.0. The van der Waals surface area contributed by atoms with Gasteiger partial charge >= 0.3 is 0 Å². The molecule has 1 heterocycles. The van der Waals surface area contributed by atoms with E-state index in [1.807, 2.05) is 30.3 Å².